The molecule has 0 saturated heterocycles. The number of nitrogens with zero attached hydrogens (tertiary/aromatic N) is 1. The van der Waals surface area contributed by atoms with Crippen LogP contribution in [0.1, 0.15) is 32.4 Å². The lowest BCUT2D eigenvalue weighted by Gasteiger charge is -2.28. The maximum Gasteiger partial charge on any atom is 0.268 e. The first-order valence-corrected chi connectivity index (χ1v) is 8.17. The second-order valence-electron chi connectivity index (χ2n) is 5.99. The highest BCUT2D eigenvalue weighted by Crippen LogP contribution is 2.24. The summed E-state index contributed by atoms with van der Waals surface area (Å²) in [4.78, 5) is 14.9. The van der Waals surface area contributed by atoms with Crippen LogP contribution in [0.4, 0.5) is 0 Å². The number of likely N-dealkylation sites (N-methyl/N-ethyl adjacent to an activating group) is 1. The van der Waals surface area contributed by atoms with Crippen molar-refractivity contribution in [2.75, 3.05) is 13.1 Å². The van der Waals surface area contributed by atoms with E-state index in [0.29, 0.717) is 18.2 Å². The van der Waals surface area contributed by atoms with Crippen LogP contribution in [0.5, 0.6) is 5.75 Å². The molecule has 3 nitrogen and oxygen atoms in total. The predicted octanol–water partition coefficient (Wildman–Crippen LogP) is 4.31. The Morgan fingerprint density at radius 3 is 2.09 bits per heavy atom. The first kappa shape index (κ1) is 17.1. The molecule has 3 heteroatoms. The van der Waals surface area contributed by atoms with Gasteiger partial charge < -0.3 is 9.64 Å². The number of amides is 1. The highest BCUT2D eigenvalue weighted by atomic mass is 16.5. The second-order valence-corrected chi connectivity index (χ2v) is 5.99. The summed E-state index contributed by atoms with van der Waals surface area (Å²) in [6.07, 6.45) is -0.614. The highest BCUT2D eigenvalue weighted by molar-refractivity contribution is 5.82. The molecule has 2 rings (SSSR count). The van der Waals surface area contributed by atoms with E-state index in [9.17, 15) is 4.79 Å². The summed E-state index contributed by atoms with van der Waals surface area (Å²) in [6.45, 7) is 7.65. The molecule has 0 aliphatic carbocycles. The zero-order valence-corrected chi connectivity index (χ0v) is 14.1. The highest BCUT2D eigenvalue weighted by Gasteiger charge is 2.27. The molecule has 1 amide bonds. The van der Waals surface area contributed by atoms with E-state index >= 15 is 0 Å². The van der Waals surface area contributed by atoms with Gasteiger partial charge in [0.25, 0.3) is 5.91 Å². The van der Waals surface area contributed by atoms with Gasteiger partial charge in [0, 0.05) is 18.7 Å². The van der Waals surface area contributed by atoms with E-state index in [-0.39, 0.29) is 5.91 Å². The van der Waals surface area contributed by atoms with Gasteiger partial charge >= 0.3 is 0 Å². The largest absolute Gasteiger partial charge is 0.476 e. The fraction of sp³-hybridized carbons (Fsp3) is 0.350. The summed E-state index contributed by atoms with van der Waals surface area (Å²) < 4.78 is 6.04. The molecule has 0 fully saturated rings. The lowest BCUT2D eigenvalue weighted by molar-refractivity contribution is -0.139. The normalized spacial score (nSPS) is 12.0. The molecule has 0 spiro atoms. The summed E-state index contributed by atoms with van der Waals surface area (Å²) in [5.41, 5.74) is 0.878. The van der Waals surface area contributed by atoms with E-state index in [2.05, 4.69) is 13.8 Å². The van der Waals surface area contributed by atoms with E-state index in [1.54, 1.807) is 0 Å². The number of benzene rings is 2. The molecule has 0 radical (unpaired) electrons. The van der Waals surface area contributed by atoms with Crippen LogP contribution in [-0.2, 0) is 4.79 Å². The summed E-state index contributed by atoms with van der Waals surface area (Å²) in [6, 6.07) is 19.2. The molecule has 0 N–H and O–H groups in total. The molecule has 0 saturated carbocycles. The van der Waals surface area contributed by atoms with Gasteiger partial charge in [0.1, 0.15) is 5.75 Å². The molecule has 23 heavy (non-hydrogen) atoms. The van der Waals surface area contributed by atoms with Gasteiger partial charge in [0.2, 0.25) is 6.10 Å². The van der Waals surface area contributed by atoms with Crippen LogP contribution in [-0.4, -0.2) is 23.9 Å². The summed E-state index contributed by atoms with van der Waals surface area (Å²) in [7, 11) is 0. The molecule has 2 aromatic rings. The zero-order valence-electron chi connectivity index (χ0n) is 14.1. The predicted molar refractivity (Wildman–Crippen MR) is 93.3 cm³/mol. The molecule has 0 aliphatic rings. The Labute approximate surface area is 138 Å². The minimum atomic E-state index is -0.614. The van der Waals surface area contributed by atoms with Gasteiger partial charge in [-0.25, -0.2) is 0 Å². The minimum Gasteiger partial charge on any atom is -0.476 e. The summed E-state index contributed by atoms with van der Waals surface area (Å²) in [5.74, 6) is 1.14. The fourth-order valence-electron chi connectivity index (χ4n) is 2.51. The van der Waals surface area contributed by atoms with E-state index in [1.165, 1.54) is 0 Å². The number of carbonyl (C=O) groups excluding carboxylic acids is 1. The van der Waals surface area contributed by atoms with E-state index in [0.717, 1.165) is 12.1 Å². The average Bonchev–Trinajstić information content (AvgIpc) is 2.58. The molecular formula is C20H25NO2. The van der Waals surface area contributed by atoms with Crippen molar-refractivity contribution < 1.29 is 9.53 Å². The zero-order chi connectivity index (χ0) is 16.7. The van der Waals surface area contributed by atoms with Crippen LogP contribution in [0, 0.1) is 5.92 Å². The molecule has 0 aliphatic heterocycles. The number of hydrogen-bond donors (Lipinski definition) is 0. The van der Waals surface area contributed by atoms with Crippen LogP contribution in [0.15, 0.2) is 60.7 Å². The van der Waals surface area contributed by atoms with Gasteiger partial charge in [-0.1, -0.05) is 62.4 Å². The lowest BCUT2D eigenvalue weighted by Crippen LogP contribution is -2.39. The minimum absolute atomic E-state index is 0.0104. The third-order valence-corrected chi connectivity index (χ3v) is 3.60. The molecule has 0 heterocycles. The van der Waals surface area contributed by atoms with Crippen molar-refractivity contribution in [3.8, 4) is 5.75 Å². The smallest absolute Gasteiger partial charge is 0.268 e. The van der Waals surface area contributed by atoms with Crippen LogP contribution in [0.25, 0.3) is 0 Å². The average molecular weight is 311 g/mol. The van der Waals surface area contributed by atoms with Crippen molar-refractivity contribution in [3.05, 3.63) is 66.2 Å². The van der Waals surface area contributed by atoms with E-state index < -0.39 is 6.10 Å². The van der Waals surface area contributed by atoms with E-state index in [1.807, 2.05) is 72.5 Å². The first-order chi connectivity index (χ1) is 11.1. The molecule has 0 bridgehead atoms. The Hall–Kier alpha value is -2.29. The summed E-state index contributed by atoms with van der Waals surface area (Å²) >= 11 is 0. The van der Waals surface area contributed by atoms with Gasteiger partial charge in [0.15, 0.2) is 0 Å². The molecule has 1 unspecified atom stereocenters. The number of hydrogen-bond acceptors (Lipinski definition) is 2. The van der Waals surface area contributed by atoms with Crippen molar-refractivity contribution in [1.29, 1.82) is 0 Å². The maximum absolute atomic E-state index is 13.0. The van der Waals surface area contributed by atoms with Gasteiger partial charge in [-0.3, -0.25) is 4.79 Å². The number of ether oxygens (including phenoxy) is 1. The second kappa shape index (κ2) is 8.37. The fourth-order valence-corrected chi connectivity index (χ4v) is 2.51. The Kier molecular flexibility index (Phi) is 6.21. The number of para-hydroxylation sites is 1. The van der Waals surface area contributed by atoms with Crippen LogP contribution < -0.4 is 4.74 Å². The summed E-state index contributed by atoms with van der Waals surface area (Å²) in [5, 5.41) is 0. The van der Waals surface area contributed by atoms with Crippen molar-refractivity contribution in [1.82, 2.24) is 4.90 Å². The molecule has 0 aromatic heterocycles. The van der Waals surface area contributed by atoms with Gasteiger partial charge in [-0.2, -0.15) is 0 Å². The quantitative estimate of drug-likeness (QED) is 0.762. The van der Waals surface area contributed by atoms with Crippen LogP contribution >= 0.6 is 0 Å². The third kappa shape index (κ3) is 4.85. The van der Waals surface area contributed by atoms with E-state index in [4.69, 9.17) is 4.74 Å². The Bertz CT molecular complexity index is 596. The molecule has 1 atom stereocenters. The Morgan fingerprint density at radius 1 is 1.00 bits per heavy atom. The van der Waals surface area contributed by atoms with Crippen molar-refractivity contribution >= 4 is 5.91 Å². The number of carbonyl (C=O) groups is 1. The molecule has 122 valence electrons. The Balaban J connectivity index is 2.27. The van der Waals surface area contributed by atoms with Gasteiger partial charge in [-0.15, -0.1) is 0 Å². The maximum atomic E-state index is 13.0. The van der Waals surface area contributed by atoms with Crippen molar-refractivity contribution in [2.24, 2.45) is 5.92 Å². The van der Waals surface area contributed by atoms with Crippen LogP contribution in [0.2, 0.25) is 0 Å². The Morgan fingerprint density at radius 2 is 1.57 bits per heavy atom. The number of rotatable bonds is 7. The topological polar surface area (TPSA) is 29.5 Å². The SMILES string of the molecule is CCN(CC(C)C)C(=O)C(Oc1ccccc1)c1ccccc1. The first-order valence-electron chi connectivity index (χ1n) is 8.17. The monoisotopic (exact) mass is 311 g/mol. The third-order valence-electron chi connectivity index (χ3n) is 3.60. The lowest BCUT2D eigenvalue weighted by atomic mass is 10.1. The molecular weight excluding hydrogens is 286 g/mol. The van der Waals surface area contributed by atoms with Gasteiger partial charge in [-0.05, 0) is 25.0 Å². The molecule has 2 aromatic carbocycles. The standard InChI is InChI=1S/C20H25NO2/c1-4-21(15-16(2)3)20(22)19(17-11-7-5-8-12-17)23-18-13-9-6-10-14-18/h5-14,16,19H,4,15H2,1-3H3. The van der Waals surface area contributed by atoms with Crippen LogP contribution in [0.3, 0.4) is 0 Å². The van der Waals surface area contributed by atoms with Crippen molar-refractivity contribution in [2.45, 2.75) is 26.9 Å². The van der Waals surface area contributed by atoms with Crippen molar-refractivity contribution in [3.63, 3.8) is 0 Å². The van der Waals surface area contributed by atoms with Gasteiger partial charge in [0.05, 0.1) is 0 Å².